The van der Waals surface area contributed by atoms with E-state index in [-0.39, 0.29) is 23.3 Å². The molecule has 2 aromatic heterocycles. The van der Waals surface area contributed by atoms with Gasteiger partial charge in [0.05, 0.1) is 16.9 Å². The third kappa shape index (κ3) is 2.53. The van der Waals surface area contributed by atoms with Crippen LogP contribution in [0.1, 0.15) is 25.0 Å². The summed E-state index contributed by atoms with van der Waals surface area (Å²) in [6.07, 6.45) is 3.80. The van der Waals surface area contributed by atoms with Crippen molar-refractivity contribution in [3.8, 4) is 27.2 Å². The molecule has 9 heteroatoms. The van der Waals surface area contributed by atoms with Gasteiger partial charge in [-0.2, -0.15) is 5.10 Å². The Morgan fingerprint density at radius 2 is 2.24 bits per heavy atom. The Labute approximate surface area is 170 Å². The van der Waals surface area contributed by atoms with Gasteiger partial charge in [0.25, 0.3) is 5.19 Å². The summed E-state index contributed by atoms with van der Waals surface area (Å²) in [7, 11) is 0. The van der Waals surface area contributed by atoms with Crippen LogP contribution in [-0.2, 0) is 0 Å². The second kappa shape index (κ2) is 5.76. The second-order valence-corrected chi connectivity index (χ2v) is 9.35. The highest BCUT2D eigenvalue weighted by atomic mass is 32.1. The number of halogens is 1. The molecule has 0 amide bonds. The van der Waals surface area contributed by atoms with Gasteiger partial charge in [0.1, 0.15) is 17.5 Å². The van der Waals surface area contributed by atoms with E-state index in [1.165, 1.54) is 11.3 Å². The van der Waals surface area contributed by atoms with Crippen molar-refractivity contribution in [2.24, 2.45) is 5.41 Å². The Balaban J connectivity index is 1.20. The third-order valence-electron chi connectivity index (χ3n) is 6.58. The van der Waals surface area contributed by atoms with E-state index in [1.807, 2.05) is 25.3 Å². The fraction of sp³-hybridized carbons (Fsp3) is 0.450. The normalized spacial score (nSPS) is 32.2. The van der Waals surface area contributed by atoms with Gasteiger partial charge in [-0.25, -0.2) is 9.07 Å². The molecule has 2 N–H and O–H groups in total. The van der Waals surface area contributed by atoms with Crippen molar-refractivity contribution in [2.45, 2.75) is 44.0 Å². The molecule has 0 radical (unpaired) electrons. The van der Waals surface area contributed by atoms with Crippen molar-refractivity contribution in [3.05, 3.63) is 36.2 Å². The lowest BCUT2D eigenvalue weighted by Gasteiger charge is -2.28. The fourth-order valence-electron chi connectivity index (χ4n) is 5.00. The zero-order chi connectivity index (χ0) is 19.8. The van der Waals surface area contributed by atoms with Crippen LogP contribution >= 0.6 is 11.3 Å². The summed E-state index contributed by atoms with van der Waals surface area (Å²) >= 11 is 1.29. The lowest BCUT2D eigenvalue weighted by atomic mass is 9.86. The zero-order valence-electron chi connectivity index (χ0n) is 15.8. The predicted molar refractivity (Wildman–Crippen MR) is 105 cm³/mol. The molecule has 0 spiro atoms. The van der Waals surface area contributed by atoms with E-state index < -0.39 is 5.67 Å². The van der Waals surface area contributed by atoms with Crippen LogP contribution in [0, 0.1) is 12.3 Å². The van der Waals surface area contributed by atoms with Crippen LogP contribution in [0.4, 0.5) is 4.39 Å². The van der Waals surface area contributed by atoms with Crippen molar-refractivity contribution in [1.82, 2.24) is 25.3 Å². The molecule has 150 valence electrons. The standard InChI is InChI=1S/C20H20FN5O2S/c1-11-4-5-26(25-11)12-2-3-14(15(27)6-12)17-23-24-18(29-17)28-13-7-16-20(21)9-19(20,8-13)10-22-16/h2-6,13,16,22,27H,7-10H2,1H3. The van der Waals surface area contributed by atoms with Crippen LogP contribution in [0.5, 0.6) is 10.9 Å². The lowest BCUT2D eigenvalue weighted by molar-refractivity contribution is 0.0799. The Morgan fingerprint density at radius 1 is 1.34 bits per heavy atom. The zero-order valence-corrected chi connectivity index (χ0v) is 16.6. The van der Waals surface area contributed by atoms with E-state index in [1.54, 1.807) is 16.8 Å². The molecule has 1 aliphatic heterocycles. The van der Waals surface area contributed by atoms with Gasteiger partial charge in [0.15, 0.2) is 5.01 Å². The molecule has 29 heavy (non-hydrogen) atoms. The number of alkyl halides is 1. The number of phenols is 1. The monoisotopic (exact) mass is 413 g/mol. The van der Waals surface area contributed by atoms with Crippen molar-refractivity contribution < 1.29 is 14.2 Å². The number of rotatable bonds is 4. The van der Waals surface area contributed by atoms with Crippen LogP contribution in [0.2, 0.25) is 0 Å². The molecule has 2 saturated carbocycles. The topological polar surface area (TPSA) is 85.1 Å². The summed E-state index contributed by atoms with van der Waals surface area (Å²) in [5.74, 6) is 0.109. The molecule has 7 nitrogen and oxygen atoms in total. The SMILES string of the molecule is Cc1ccn(-c2ccc(-c3nnc(OC4CC5NCC6(C4)CC56F)s3)c(O)c2)n1. The molecule has 3 aromatic rings. The van der Waals surface area contributed by atoms with Crippen LogP contribution in [0.3, 0.4) is 0 Å². The molecule has 2 aliphatic carbocycles. The third-order valence-corrected chi connectivity index (χ3v) is 7.43. The lowest BCUT2D eigenvalue weighted by Crippen LogP contribution is -2.40. The summed E-state index contributed by atoms with van der Waals surface area (Å²) in [6.45, 7) is 2.66. The minimum absolute atomic E-state index is 0.0544. The molecular formula is C20H20FN5O2S. The highest BCUT2D eigenvalue weighted by molar-refractivity contribution is 7.16. The van der Waals surface area contributed by atoms with Gasteiger partial charge in [-0.3, -0.25) is 0 Å². The molecule has 1 aromatic carbocycles. The average molecular weight is 413 g/mol. The van der Waals surface area contributed by atoms with E-state index >= 15 is 0 Å². The number of aromatic hydroxyl groups is 1. The summed E-state index contributed by atoms with van der Waals surface area (Å²) in [5.41, 5.74) is 0.997. The van der Waals surface area contributed by atoms with E-state index in [9.17, 15) is 9.50 Å². The van der Waals surface area contributed by atoms with Crippen LogP contribution in [-0.4, -0.2) is 49.4 Å². The molecule has 6 rings (SSSR count). The number of phenolic OH excluding ortho intramolecular Hbond substituents is 1. The average Bonchev–Trinajstić information content (AvgIpc) is 2.98. The first-order valence-electron chi connectivity index (χ1n) is 9.74. The molecule has 4 atom stereocenters. The first-order chi connectivity index (χ1) is 14.0. The van der Waals surface area contributed by atoms with Crippen molar-refractivity contribution >= 4 is 11.3 Å². The number of hydrogen-bond donors (Lipinski definition) is 2. The van der Waals surface area contributed by atoms with E-state index in [4.69, 9.17) is 4.74 Å². The van der Waals surface area contributed by atoms with E-state index in [0.717, 1.165) is 17.9 Å². The Kier molecular flexibility index (Phi) is 3.45. The van der Waals surface area contributed by atoms with Gasteiger partial charge < -0.3 is 15.2 Å². The van der Waals surface area contributed by atoms with E-state index in [2.05, 4.69) is 20.6 Å². The number of nitrogens with zero attached hydrogens (tertiary/aromatic N) is 4. The smallest absolute Gasteiger partial charge is 0.294 e. The van der Waals surface area contributed by atoms with Gasteiger partial charge in [0, 0.05) is 36.7 Å². The summed E-state index contributed by atoms with van der Waals surface area (Å²) in [6, 6.07) is 7.12. The van der Waals surface area contributed by atoms with E-state index in [0.29, 0.717) is 35.0 Å². The van der Waals surface area contributed by atoms with Crippen LogP contribution < -0.4 is 10.1 Å². The maximum absolute atomic E-state index is 14.7. The number of nitrogens with one attached hydrogen (secondary N) is 1. The molecule has 4 unspecified atom stereocenters. The van der Waals surface area contributed by atoms with Gasteiger partial charge in [0.2, 0.25) is 0 Å². The maximum atomic E-state index is 14.7. The van der Waals surface area contributed by atoms with Crippen molar-refractivity contribution in [3.63, 3.8) is 0 Å². The number of aryl methyl sites for hydroxylation is 1. The maximum Gasteiger partial charge on any atom is 0.294 e. The van der Waals surface area contributed by atoms with Crippen LogP contribution in [0.25, 0.3) is 16.3 Å². The Morgan fingerprint density at radius 3 is 2.97 bits per heavy atom. The number of aromatic nitrogens is 4. The van der Waals surface area contributed by atoms with Gasteiger partial charge in [-0.05, 0) is 38.0 Å². The number of benzene rings is 1. The number of hydrogen-bond acceptors (Lipinski definition) is 7. The second-order valence-electron chi connectivity index (χ2n) is 8.41. The van der Waals surface area contributed by atoms with Crippen molar-refractivity contribution in [1.29, 1.82) is 0 Å². The number of ether oxygens (including phenoxy) is 1. The quantitative estimate of drug-likeness (QED) is 0.684. The van der Waals surface area contributed by atoms with Crippen LogP contribution in [0.15, 0.2) is 30.5 Å². The Hall–Kier alpha value is -2.52. The molecule has 3 heterocycles. The minimum Gasteiger partial charge on any atom is -0.507 e. The van der Waals surface area contributed by atoms with Crippen molar-refractivity contribution in [2.75, 3.05) is 6.54 Å². The summed E-state index contributed by atoms with van der Waals surface area (Å²) in [4.78, 5) is 0. The van der Waals surface area contributed by atoms with Gasteiger partial charge in [-0.15, -0.1) is 5.10 Å². The molecule has 3 fully saturated rings. The highest BCUT2D eigenvalue weighted by Crippen LogP contribution is 2.70. The first kappa shape index (κ1) is 17.3. The highest BCUT2D eigenvalue weighted by Gasteiger charge is 2.78. The molecule has 1 saturated heterocycles. The minimum atomic E-state index is -1.03. The largest absolute Gasteiger partial charge is 0.507 e. The summed E-state index contributed by atoms with van der Waals surface area (Å²) < 4.78 is 22.5. The Bertz CT molecular complexity index is 1110. The van der Waals surface area contributed by atoms with Gasteiger partial charge >= 0.3 is 0 Å². The number of piperidine rings is 1. The molecule has 2 bridgehead atoms. The first-order valence-corrected chi connectivity index (χ1v) is 10.6. The van der Waals surface area contributed by atoms with Gasteiger partial charge in [-0.1, -0.05) is 16.4 Å². The molecular weight excluding hydrogens is 393 g/mol. The predicted octanol–water partition coefficient (Wildman–Crippen LogP) is 3.02. The molecule has 3 aliphatic rings. The summed E-state index contributed by atoms with van der Waals surface area (Å²) in [5, 5.41) is 27.5. The fourth-order valence-corrected chi connectivity index (χ4v) is 5.79.